The monoisotopic (exact) mass is 390 g/mol. The number of nitrogens with zero attached hydrogens (tertiary/aromatic N) is 1. The van der Waals surface area contributed by atoms with Gasteiger partial charge >= 0.3 is 6.18 Å². The SMILES string of the molecule is N#Cc1ccc(S(=O)(=O)Nc2cc(Cl)ccc2OCC(F)(F)F)cc1. The van der Waals surface area contributed by atoms with E-state index in [1.807, 2.05) is 6.07 Å². The number of benzene rings is 2. The largest absolute Gasteiger partial charge is 0.482 e. The van der Waals surface area contributed by atoms with Crippen molar-refractivity contribution in [3.63, 3.8) is 0 Å². The molecule has 0 fully saturated rings. The minimum absolute atomic E-state index is 0.108. The molecule has 2 aromatic carbocycles. The lowest BCUT2D eigenvalue weighted by Gasteiger charge is -2.15. The summed E-state index contributed by atoms with van der Waals surface area (Å²) in [6.07, 6.45) is -4.58. The Bertz CT molecular complexity index is 907. The van der Waals surface area contributed by atoms with Crippen LogP contribution in [0.3, 0.4) is 0 Å². The second kappa shape index (κ2) is 7.21. The van der Waals surface area contributed by atoms with Crippen LogP contribution in [0, 0.1) is 11.3 Å². The highest BCUT2D eigenvalue weighted by Gasteiger charge is 2.29. The molecule has 0 saturated carbocycles. The molecule has 0 aliphatic heterocycles. The van der Waals surface area contributed by atoms with E-state index in [0.717, 1.165) is 12.1 Å². The molecule has 0 aromatic heterocycles. The lowest BCUT2D eigenvalue weighted by atomic mass is 10.2. The first-order valence-corrected chi connectivity index (χ1v) is 8.49. The highest BCUT2D eigenvalue weighted by molar-refractivity contribution is 7.92. The number of halogens is 4. The molecule has 1 N–H and O–H groups in total. The van der Waals surface area contributed by atoms with Gasteiger partial charge in [0, 0.05) is 5.02 Å². The van der Waals surface area contributed by atoms with Gasteiger partial charge in [-0.05, 0) is 42.5 Å². The Labute approximate surface area is 146 Å². The molecule has 132 valence electrons. The Morgan fingerprint density at radius 3 is 2.36 bits per heavy atom. The number of nitriles is 1. The lowest BCUT2D eigenvalue weighted by molar-refractivity contribution is -0.153. The average Bonchev–Trinajstić information content (AvgIpc) is 2.53. The van der Waals surface area contributed by atoms with E-state index >= 15 is 0 Å². The molecule has 0 heterocycles. The van der Waals surface area contributed by atoms with Gasteiger partial charge in [0.2, 0.25) is 0 Å². The summed E-state index contributed by atoms with van der Waals surface area (Å²) in [5.74, 6) is -0.320. The van der Waals surface area contributed by atoms with Crippen molar-refractivity contribution in [2.45, 2.75) is 11.1 Å². The van der Waals surface area contributed by atoms with Crippen LogP contribution in [0.2, 0.25) is 5.02 Å². The first-order chi connectivity index (χ1) is 11.6. The molecule has 0 saturated heterocycles. The van der Waals surface area contributed by atoms with Crippen molar-refractivity contribution in [1.29, 1.82) is 5.26 Å². The Morgan fingerprint density at radius 2 is 1.80 bits per heavy atom. The number of ether oxygens (including phenoxy) is 1. The number of nitrogens with one attached hydrogen (secondary N) is 1. The topological polar surface area (TPSA) is 79.2 Å². The van der Waals surface area contributed by atoms with Gasteiger partial charge in [-0.1, -0.05) is 11.6 Å². The van der Waals surface area contributed by atoms with Crippen LogP contribution in [0.15, 0.2) is 47.4 Å². The van der Waals surface area contributed by atoms with Crippen LogP contribution in [-0.2, 0) is 10.0 Å². The Kier molecular flexibility index (Phi) is 5.45. The van der Waals surface area contributed by atoms with Crippen LogP contribution in [0.5, 0.6) is 5.75 Å². The van der Waals surface area contributed by atoms with E-state index in [0.29, 0.717) is 0 Å². The van der Waals surface area contributed by atoms with Crippen molar-refractivity contribution in [1.82, 2.24) is 0 Å². The standard InChI is InChI=1S/C15H10ClF3N2O3S/c16-11-3-6-14(24-9-15(17,18)19)13(7-11)21-25(22,23)12-4-1-10(8-20)2-5-12/h1-7,21H,9H2. The summed E-state index contributed by atoms with van der Waals surface area (Å²) in [5.41, 5.74) is 0.0250. The fourth-order valence-electron chi connectivity index (χ4n) is 1.78. The van der Waals surface area contributed by atoms with E-state index in [1.54, 1.807) is 0 Å². The van der Waals surface area contributed by atoms with E-state index in [1.165, 1.54) is 30.3 Å². The average molecular weight is 391 g/mol. The minimum atomic E-state index is -4.58. The first-order valence-electron chi connectivity index (χ1n) is 6.63. The fourth-order valence-corrected chi connectivity index (χ4v) is 3.01. The van der Waals surface area contributed by atoms with Crippen molar-refractivity contribution < 1.29 is 26.3 Å². The molecule has 0 unspecified atom stereocenters. The number of hydrogen-bond donors (Lipinski definition) is 1. The van der Waals surface area contributed by atoms with Crippen LogP contribution in [0.1, 0.15) is 5.56 Å². The molecule has 10 heteroatoms. The molecule has 0 radical (unpaired) electrons. The summed E-state index contributed by atoms with van der Waals surface area (Å²) < 4.78 is 68.4. The van der Waals surface area contributed by atoms with Gasteiger partial charge in [-0.25, -0.2) is 8.42 Å². The Hall–Kier alpha value is -2.44. The van der Waals surface area contributed by atoms with Gasteiger partial charge in [-0.3, -0.25) is 4.72 Å². The Balaban J connectivity index is 2.31. The maximum absolute atomic E-state index is 12.4. The maximum Gasteiger partial charge on any atom is 0.422 e. The zero-order chi connectivity index (χ0) is 18.7. The van der Waals surface area contributed by atoms with E-state index in [9.17, 15) is 21.6 Å². The van der Waals surface area contributed by atoms with E-state index < -0.39 is 22.8 Å². The molecule has 0 aliphatic rings. The van der Waals surface area contributed by atoms with Crippen molar-refractivity contribution >= 4 is 27.3 Å². The molecular weight excluding hydrogens is 381 g/mol. The normalized spacial score (nSPS) is 11.6. The van der Waals surface area contributed by atoms with Crippen LogP contribution in [0.25, 0.3) is 0 Å². The highest BCUT2D eigenvalue weighted by atomic mass is 35.5. The molecular formula is C15H10ClF3N2O3S. The lowest BCUT2D eigenvalue weighted by Crippen LogP contribution is -2.20. The molecule has 5 nitrogen and oxygen atoms in total. The molecule has 2 rings (SSSR count). The first kappa shape index (κ1) is 18.9. The van der Waals surface area contributed by atoms with Gasteiger partial charge in [-0.15, -0.1) is 0 Å². The number of sulfonamides is 1. The molecule has 2 aromatic rings. The molecule has 25 heavy (non-hydrogen) atoms. The van der Waals surface area contributed by atoms with Crippen LogP contribution < -0.4 is 9.46 Å². The van der Waals surface area contributed by atoms with Crippen molar-refractivity contribution in [3.8, 4) is 11.8 Å². The Morgan fingerprint density at radius 1 is 1.16 bits per heavy atom. The number of anilines is 1. The van der Waals surface area contributed by atoms with Gasteiger partial charge in [0.1, 0.15) is 5.75 Å². The fraction of sp³-hybridized carbons (Fsp3) is 0.133. The van der Waals surface area contributed by atoms with Crippen molar-refractivity contribution in [3.05, 3.63) is 53.1 Å². The zero-order valence-corrected chi connectivity index (χ0v) is 13.9. The number of hydrogen-bond acceptors (Lipinski definition) is 4. The second-order valence-electron chi connectivity index (χ2n) is 4.79. The van der Waals surface area contributed by atoms with Gasteiger partial charge in [0.05, 0.1) is 22.2 Å². The van der Waals surface area contributed by atoms with E-state index in [4.69, 9.17) is 16.9 Å². The van der Waals surface area contributed by atoms with Gasteiger partial charge < -0.3 is 4.74 Å². The zero-order valence-electron chi connectivity index (χ0n) is 12.3. The third-order valence-corrected chi connectivity index (χ3v) is 4.49. The smallest absolute Gasteiger partial charge is 0.422 e. The predicted molar refractivity (Wildman–Crippen MR) is 85.0 cm³/mol. The van der Waals surface area contributed by atoms with Crippen LogP contribution in [-0.4, -0.2) is 21.2 Å². The summed E-state index contributed by atoms with van der Waals surface area (Å²) in [4.78, 5) is -0.173. The summed E-state index contributed by atoms with van der Waals surface area (Å²) in [6.45, 7) is -1.58. The third-order valence-electron chi connectivity index (χ3n) is 2.87. The summed E-state index contributed by atoms with van der Waals surface area (Å²) in [7, 11) is -4.11. The van der Waals surface area contributed by atoms with Crippen LogP contribution in [0.4, 0.5) is 18.9 Å². The predicted octanol–water partition coefficient (Wildman–Crippen LogP) is 3.95. The van der Waals surface area contributed by atoms with Crippen molar-refractivity contribution in [2.75, 3.05) is 11.3 Å². The van der Waals surface area contributed by atoms with E-state index in [2.05, 4.69) is 9.46 Å². The van der Waals surface area contributed by atoms with Crippen LogP contribution >= 0.6 is 11.6 Å². The maximum atomic E-state index is 12.4. The second-order valence-corrected chi connectivity index (χ2v) is 6.90. The molecule has 0 atom stereocenters. The molecule has 0 spiro atoms. The number of rotatable bonds is 5. The van der Waals surface area contributed by atoms with Crippen molar-refractivity contribution in [2.24, 2.45) is 0 Å². The quantitative estimate of drug-likeness (QED) is 0.838. The van der Waals surface area contributed by atoms with Gasteiger partial charge in [0.15, 0.2) is 6.61 Å². The molecule has 0 amide bonds. The summed E-state index contributed by atoms with van der Waals surface area (Å²) in [6, 6.07) is 10.4. The van der Waals surface area contributed by atoms with E-state index in [-0.39, 0.29) is 26.9 Å². The minimum Gasteiger partial charge on any atom is -0.482 e. The highest BCUT2D eigenvalue weighted by Crippen LogP contribution is 2.31. The number of alkyl halides is 3. The molecule has 0 aliphatic carbocycles. The third kappa shape index (κ3) is 5.27. The van der Waals surface area contributed by atoms with Gasteiger partial charge in [0.25, 0.3) is 10.0 Å². The van der Waals surface area contributed by atoms with Gasteiger partial charge in [-0.2, -0.15) is 18.4 Å². The summed E-state index contributed by atoms with van der Waals surface area (Å²) >= 11 is 5.77. The summed E-state index contributed by atoms with van der Waals surface area (Å²) in [5, 5.41) is 8.83. The molecule has 0 bridgehead atoms.